The fourth-order valence-corrected chi connectivity index (χ4v) is 1.73. The molecule has 3 heteroatoms. The summed E-state index contributed by atoms with van der Waals surface area (Å²) in [6.45, 7) is 3.80. The Bertz CT molecular complexity index is 234. The third-order valence-corrected chi connectivity index (χ3v) is 2.78. The molecule has 0 spiro atoms. The highest BCUT2D eigenvalue weighted by atomic mass is 16.1. The molecule has 1 fully saturated rings. The Labute approximate surface area is 85.5 Å². The summed E-state index contributed by atoms with van der Waals surface area (Å²) in [6, 6.07) is 2.59. The lowest BCUT2D eigenvalue weighted by molar-refractivity contribution is -0.124. The molecule has 78 valence electrons. The first kappa shape index (κ1) is 11.0. The van der Waals surface area contributed by atoms with E-state index >= 15 is 0 Å². The van der Waals surface area contributed by atoms with Crippen molar-refractivity contribution in [3.8, 4) is 6.07 Å². The van der Waals surface area contributed by atoms with Gasteiger partial charge < -0.3 is 5.32 Å². The van der Waals surface area contributed by atoms with Gasteiger partial charge in [-0.15, -0.1) is 0 Å². The maximum Gasteiger partial charge on any atom is 0.222 e. The zero-order valence-electron chi connectivity index (χ0n) is 8.92. The highest BCUT2D eigenvalue weighted by Gasteiger charge is 2.22. The molecule has 0 aliphatic heterocycles. The third kappa shape index (κ3) is 3.02. The smallest absolute Gasteiger partial charge is 0.222 e. The average molecular weight is 194 g/mol. The summed E-state index contributed by atoms with van der Waals surface area (Å²) in [5.41, 5.74) is 0. The number of carbonyl (C=O) groups excluding carboxylic acids is 1. The van der Waals surface area contributed by atoms with Crippen molar-refractivity contribution in [1.82, 2.24) is 5.32 Å². The Kier molecular flexibility index (Phi) is 3.94. The predicted molar refractivity (Wildman–Crippen MR) is 54.3 cm³/mol. The summed E-state index contributed by atoms with van der Waals surface area (Å²) in [4.78, 5) is 11.4. The maximum atomic E-state index is 11.4. The van der Waals surface area contributed by atoms with Crippen LogP contribution in [-0.4, -0.2) is 11.9 Å². The number of hydrogen-bond acceptors (Lipinski definition) is 2. The van der Waals surface area contributed by atoms with Gasteiger partial charge in [-0.1, -0.05) is 13.8 Å². The van der Waals surface area contributed by atoms with Crippen LogP contribution in [0.3, 0.4) is 0 Å². The number of rotatable bonds is 2. The molecule has 1 rings (SSSR count). The van der Waals surface area contributed by atoms with Crippen LogP contribution in [0.4, 0.5) is 0 Å². The molecule has 0 unspecified atom stereocenters. The van der Waals surface area contributed by atoms with Crippen LogP contribution in [0.15, 0.2) is 0 Å². The number of nitriles is 1. The minimum Gasteiger partial charge on any atom is -0.353 e. The van der Waals surface area contributed by atoms with Crippen LogP contribution in [0.5, 0.6) is 0 Å². The SMILES string of the molecule is CC(C)C(=O)NC1CCC(C#N)CC1. The normalized spacial score (nSPS) is 27.0. The van der Waals surface area contributed by atoms with E-state index < -0.39 is 0 Å². The second-order valence-corrected chi connectivity index (χ2v) is 4.34. The molecule has 1 saturated carbocycles. The molecule has 0 heterocycles. The van der Waals surface area contributed by atoms with E-state index in [9.17, 15) is 4.79 Å². The van der Waals surface area contributed by atoms with Crippen LogP contribution < -0.4 is 5.32 Å². The van der Waals surface area contributed by atoms with Crippen molar-refractivity contribution in [2.24, 2.45) is 11.8 Å². The first-order valence-electron chi connectivity index (χ1n) is 5.33. The molecule has 14 heavy (non-hydrogen) atoms. The summed E-state index contributed by atoms with van der Waals surface area (Å²) in [6.07, 6.45) is 3.77. The molecule has 1 N–H and O–H groups in total. The molecule has 1 aliphatic carbocycles. The van der Waals surface area contributed by atoms with Crippen molar-refractivity contribution in [3.63, 3.8) is 0 Å². The number of nitrogens with zero attached hydrogens (tertiary/aromatic N) is 1. The standard InChI is InChI=1S/C11H18N2O/c1-8(2)11(14)13-10-5-3-9(7-12)4-6-10/h8-10H,3-6H2,1-2H3,(H,13,14). The van der Waals surface area contributed by atoms with Crippen LogP contribution in [0.25, 0.3) is 0 Å². The molecule has 0 aromatic carbocycles. The number of nitrogens with one attached hydrogen (secondary N) is 1. The minimum absolute atomic E-state index is 0.0590. The van der Waals surface area contributed by atoms with Crippen molar-refractivity contribution in [2.75, 3.05) is 0 Å². The van der Waals surface area contributed by atoms with Gasteiger partial charge in [-0.05, 0) is 25.7 Å². The predicted octanol–water partition coefficient (Wildman–Crippen LogP) is 1.84. The summed E-state index contributed by atoms with van der Waals surface area (Å²) in [5, 5.41) is 11.7. The van der Waals surface area contributed by atoms with E-state index in [1.165, 1.54) is 0 Å². The zero-order valence-corrected chi connectivity index (χ0v) is 8.92. The summed E-state index contributed by atoms with van der Waals surface area (Å²) < 4.78 is 0. The lowest BCUT2D eigenvalue weighted by Gasteiger charge is -2.26. The van der Waals surface area contributed by atoms with Gasteiger partial charge in [0.25, 0.3) is 0 Å². The monoisotopic (exact) mass is 194 g/mol. The van der Waals surface area contributed by atoms with Gasteiger partial charge in [0, 0.05) is 17.9 Å². The topological polar surface area (TPSA) is 52.9 Å². The van der Waals surface area contributed by atoms with Crippen molar-refractivity contribution >= 4 is 5.91 Å². The maximum absolute atomic E-state index is 11.4. The Hall–Kier alpha value is -1.04. The van der Waals surface area contributed by atoms with Crippen LogP contribution >= 0.6 is 0 Å². The van der Waals surface area contributed by atoms with E-state index in [4.69, 9.17) is 5.26 Å². The lowest BCUT2D eigenvalue weighted by atomic mass is 9.87. The van der Waals surface area contributed by atoms with E-state index in [-0.39, 0.29) is 17.7 Å². The molecule has 0 atom stereocenters. The molecular weight excluding hydrogens is 176 g/mol. The Morgan fingerprint density at radius 3 is 2.36 bits per heavy atom. The first-order valence-corrected chi connectivity index (χ1v) is 5.33. The van der Waals surface area contributed by atoms with Crippen LogP contribution in [-0.2, 0) is 4.79 Å². The quantitative estimate of drug-likeness (QED) is 0.729. The largest absolute Gasteiger partial charge is 0.353 e. The van der Waals surface area contributed by atoms with Crippen molar-refractivity contribution in [2.45, 2.75) is 45.6 Å². The van der Waals surface area contributed by atoms with Gasteiger partial charge in [-0.3, -0.25) is 4.79 Å². The average Bonchev–Trinajstić information content (AvgIpc) is 2.19. The van der Waals surface area contributed by atoms with E-state index in [0.717, 1.165) is 25.7 Å². The molecule has 0 aromatic rings. The second-order valence-electron chi connectivity index (χ2n) is 4.34. The van der Waals surface area contributed by atoms with E-state index in [0.29, 0.717) is 6.04 Å². The fourth-order valence-electron chi connectivity index (χ4n) is 1.73. The van der Waals surface area contributed by atoms with Crippen LogP contribution in [0.2, 0.25) is 0 Å². The van der Waals surface area contributed by atoms with Crippen LogP contribution in [0, 0.1) is 23.2 Å². The molecule has 1 amide bonds. The molecule has 1 aliphatic rings. The Morgan fingerprint density at radius 2 is 1.93 bits per heavy atom. The summed E-state index contributed by atoms with van der Waals surface area (Å²) >= 11 is 0. The van der Waals surface area contributed by atoms with Gasteiger partial charge in [0.15, 0.2) is 0 Å². The fraction of sp³-hybridized carbons (Fsp3) is 0.818. The molecule has 3 nitrogen and oxygen atoms in total. The summed E-state index contributed by atoms with van der Waals surface area (Å²) in [7, 11) is 0. The first-order chi connectivity index (χ1) is 6.63. The van der Waals surface area contributed by atoms with Gasteiger partial charge in [-0.2, -0.15) is 5.26 Å². The van der Waals surface area contributed by atoms with Crippen molar-refractivity contribution < 1.29 is 4.79 Å². The van der Waals surface area contributed by atoms with Crippen molar-refractivity contribution in [1.29, 1.82) is 5.26 Å². The Morgan fingerprint density at radius 1 is 1.36 bits per heavy atom. The van der Waals surface area contributed by atoms with E-state index in [1.54, 1.807) is 0 Å². The van der Waals surface area contributed by atoms with Crippen molar-refractivity contribution in [3.05, 3.63) is 0 Å². The van der Waals surface area contributed by atoms with Gasteiger partial charge >= 0.3 is 0 Å². The Balaban J connectivity index is 2.29. The second kappa shape index (κ2) is 4.99. The van der Waals surface area contributed by atoms with Gasteiger partial charge in [0.05, 0.1) is 6.07 Å². The van der Waals surface area contributed by atoms with Gasteiger partial charge in [0.2, 0.25) is 5.91 Å². The van der Waals surface area contributed by atoms with Gasteiger partial charge in [-0.25, -0.2) is 0 Å². The lowest BCUT2D eigenvalue weighted by Crippen LogP contribution is -2.39. The van der Waals surface area contributed by atoms with E-state index in [2.05, 4.69) is 11.4 Å². The van der Waals surface area contributed by atoms with E-state index in [1.807, 2.05) is 13.8 Å². The molecule has 0 radical (unpaired) electrons. The third-order valence-electron chi connectivity index (χ3n) is 2.78. The number of amides is 1. The minimum atomic E-state index is 0.0590. The number of carbonyl (C=O) groups is 1. The highest BCUT2D eigenvalue weighted by molar-refractivity contribution is 5.78. The molecule has 0 aromatic heterocycles. The van der Waals surface area contributed by atoms with Crippen LogP contribution in [0.1, 0.15) is 39.5 Å². The van der Waals surface area contributed by atoms with Gasteiger partial charge in [0.1, 0.15) is 0 Å². The molecule has 0 bridgehead atoms. The number of hydrogen-bond donors (Lipinski definition) is 1. The molecule has 0 saturated heterocycles. The zero-order chi connectivity index (χ0) is 10.6. The highest BCUT2D eigenvalue weighted by Crippen LogP contribution is 2.23. The summed E-state index contributed by atoms with van der Waals surface area (Å²) in [5.74, 6) is 0.399. The molecular formula is C11H18N2O.